The largest absolute Gasteiger partial charge is 0.496 e. The highest BCUT2D eigenvalue weighted by atomic mass is 16.5. The Bertz CT molecular complexity index is 400. The van der Waals surface area contributed by atoms with E-state index < -0.39 is 0 Å². The lowest BCUT2D eigenvalue weighted by Crippen LogP contribution is -2.13. The first kappa shape index (κ1) is 13.8. The molecule has 0 N–H and O–H groups in total. The number of carbonyl (C=O) groups excluding carboxylic acids is 1. The van der Waals surface area contributed by atoms with Crippen LogP contribution in [0.3, 0.4) is 0 Å². The molecular weight excluding hydrogens is 212 g/mol. The van der Waals surface area contributed by atoms with E-state index in [-0.39, 0.29) is 11.2 Å². The van der Waals surface area contributed by atoms with Crippen LogP contribution in [0.5, 0.6) is 5.75 Å². The summed E-state index contributed by atoms with van der Waals surface area (Å²) in [7, 11) is 1.61. The number of ether oxygens (including phenoxy) is 1. The van der Waals surface area contributed by atoms with Gasteiger partial charge in [-0.25, -0.2) is 0 Å². The Kier molecular flexibility index (Phi) is 4.33. The van der Waals surface area contributed by atoms with Crippen molar-refractivity contribution in [2.24, 2.45) is 0 Å². The molecule has 1 rings (SSSR count). The van der Waals surface area contributed by atoms with E-state index in [9.17, 15) is 4.79 Å². The molecule has 0 atom stereocenters. The van der Waals surface area contributed by atoms with Crippen LogP contribution < -0.4 is 4.74 Å². The minimum absolute atomic E-state index is 0.0491. The monoisotopic (exact) mass is 234 g/mol. The van der Waals surface area contributed by atoms with Crippen LogP contribution in [0.1, 0.15) is 56.5 Å². The molecule has 17 heavy (non-hydrogen) atoms. The molecule has 0 unspecified atom stereocenters. The molecule has 1 aromatic rings. The second kappa shape index (κ2) is 5.35. The average Bonchev–Trinajstić information content (AvgIpc) is 2.27. The van der Waals surface area contributed by atoms with Crippen LogP contribution in [0, 0.1) is 0 Å². The van der Waals surface area contributed by atoms with Crippen molar-refractivity contribution < 1.29 is 9.53 Å². The maximum Gasteiger partial charge on any atom is 0.166 e. The van der Waals surface area contributed by atoms with E-state index in [1.54, 1.807) is 7.11 Å². The van der Waals surface area contributed by atoms with Gasteiger partial charge >= 0.3 is 0 Å². The van der Waals surface area contributed by atoms with Crippen molar-refractivity contribution in [2.45, 2.75) is 46.0 Å². The van der Waals surface area contributed by atoms with Crippen LogP contribution in [0.15, 0.2) is 18.2 Å². The smallest absolute Gasteiger partial charge is 0.166 e. The highest BCUT2D eigenvalue weighted by molar-refractivity contribution is 5.98. The molecule has 0 aromatic heterocycles. The fourth-order valence-corrected chi connectivity index (χ4v) is 1.75. The van der Waals surface area contributed by atoms with Gasteiger partial charge in [-0.1, -0.05) is 33.8 Å². The first-order chi connectivity index (χ1) is 7.90. The Morgan fingerprint density at radius 2 is 1.94 bits per heavy atom. The van der Waals surface area contributed by atoms with Crippen LogP contribution in [0.2, 0.25) is 0 Å². The van der Waals surface area contributed by atoms with Crippen molar-refractivity contribution in [1.29, 1.82) is 0 Å². The van der Waals surface area contributed by atoms with Gasteiger partial charge in [0.15, 0.2) is 5.78 Å². The van der Waals surface area contributed by atoms with Gasteiger partial charge in [-0.2, -0.15) is 0 Å². The van der Waals surface area contributed by atoms with E-state index in [0.29, 0.717) is 17.7 Å². The maximum atomic E-state index is 12.0. The third-order valence-electron chi connectivity index (χ3n) is 2.84. The topological polar surface area (TPSA) is 26.3 Å². The molecule has 0 fully saturated rings. The van der Waals surface area contributed by atoms with Crippen molar-refractivity contribution in [3.8, 4) is 5.75 Å². The molecule has 0 spiro atoms. The van der Waals surface area contributed by atoms with Crippen molar-refractivity contribution in [2.75, 3.05) is 7.11 Å². The summed E-state index contributed by atoms with van der Waals surface area (Å²) in [6.45, 7) is 8.44. The van der Waals surface area contributed by atoms with Crippen molar-refractivity contribution >= 4 is 5.78 Å². The van der Waals surface area contributed by atoms with Crippen molar-refractivity contribution in [1.82, 2.24) is 0 Å². The molecule has 0 amide bonds. The molecule has 0 aliphatic carbocycles. The average molecular weight is 234 g/mol. The van der Waals surface area contributed by atoms with E-state index in [0.717, 1.165) is 12.0 Å². The molecule has 0 saturated heterocycles. The Morgan fingerprint density at radius 1 is 1.29 bits per heavy atom. The zero-order chi connectivity index (χ0) is 13.1. The van der Waals surface area contributed by atoms with Gasteiger partial charge in [0.2, 0.25) is 0 Å². The van der Waals surface area contributed by atoms with Crippen LogP contribution >= 0.6 is 0 Å². The molecular formula is C15H22O2. The third-order valence-corrected chi connectivity index (χ3v) is 2.84. The van der Waals surface area contributed by atoms with Gasteiger partial charge in [-0.3, -0.25) is 4.79 Å². The predicted octanol–water partition coefficient (Wildman–Crippen LogP) is 3.98. The zero-order valence-electron chi connectivity index (χ0n) is 11.5. The molecule has 0 aliphatic rings. The highest BCUT2D eigenvalue weighted by Crippen LogP contribution is 2.28. The van der Waals surface area contributed by atoms with Gasteiger partial charge in [-0.15, -0.1) is 0 Å². The van der Waals surface area contributed by atoms with E-state index in [1.165, 1.54) is 0 Å². The second-order valence-corrected chi connectivity index (χ2v) is 5.34. The number of hydrogen-bond acceptors (Lipinski definition) is 2. The summed E-state index contributed by atoms with van der Waals surface area (Å²) >= 11 is 0. The molecule has 0 saturated carbocycles. The fourth-order valence-electron chi connectivity index (χ4n) is 1.75. The normalized spacial score (nSPS) is 11.4. The fraction of sp³-hybridized carbons (Fsp3) is 0.533. The van der Waals surface area contributed by atoms with Gasteiger partial charge in [0, 0.05) is 6.42 Å². The Hall–Kier alpha value is -1.31. The molecule has 94 valence electrons. The molecule has 2 nitrogen and oxygen atoms in total. The van der Waals surface area contributed by atoms with E-state index in [4.69, 9.17) is 4.74 Å². The minimum atomic E-state index is 0.0491. The summed E-state index contributed by atoms with van der Waals surface area (Å²) in [4.78, 5) is 12.0. The van der Waals surface area contributed by atoms with Gasteiger partial charge in [0.1, 0.15) is 5.75 Å². The number of methoxy groups -OCH3 is 1. The van der Waals surface area contributed by atoms with E-state index in [1.807, 2.05) is 25.1 Å². The molecule has 0 aliphatic heterocycles. The number of benzene rings is 1. The van der Waals surface area contributed by atoms with Crippen molar-refractivity contribution in [3.63, 3.8) is 0 Å². The summed E-state index contributed by atoms with van der Waals surface area (Å²) in [6, 6.07) is 5.89. The van der Waals surface area contributed by atoms with Crippen LogP contribution in [0.4, 0.5) is 0 Å². The van der Waals surface area contributed by atoms with Crippen LogP contribution in [-0.4, -0.2) is 12.9 Å². The maximum absolute atomic E-state index is 12.0. The zero-order valence-corrected chi connectivity index (χ0v) is 11.5. The van der Waals surface area contributed by atoms with Gasteiger partial charge < -0.3 is 4.74 Å². The lowest BCUT2D eigenvalue weighted by atomic mass is 9.85. The SMILES string of the molecule is CCCC(=O)c1cc(C(C)(C)C)ccc1OC. The highest BCUT2D eigenvalue weighted by Gasteiger charge is 2.18. The lowest BCUT2D eigenvalue weighted by Gasteiger charge is -2.20. The number of hydrogen-bond donors (Lipinski definition) is 0. The Balaban J connectivity index is 3.20. The summed E-state index contributed by atoms with van der Waals surface area (Å²) < 4.78 is 5.26. The summed E-state index contributed by atoms with van der Waals surface area (Å²) in [5, 5.41) is 0. The minimum Gasteiger partial charge on any atom is -0.496 e. The number of rotatable bonds is 4. The van der Waals surface area contributed by atoms with E-state index in [2.05, 4.69) is 20.8 Å². The molecule has 1 aromatic carbocycles. The molecule has 0 radical (unpaired) electrons. The van der Waals surface area contributed by atoms with Gasteiger partial charge in [0.25, 0.3) is 0 Å². The van der Waals surface area contributed by atoms with E-state index >= 15 is 0 Å². The first-order valence-electron chi connectivity index (χ1n) is 6.12. The summed E-state index contributed by atoms with van der Waals surface area (Å²) in [5.41, 5.74) is 1.92. The number of ketones is 1. The first-order valence-corrected chi connectivity index (χ1v) is 6.12. The molecule has 0 heterocycles. The van der Waals surface area contributed by atoms with Crippen LogP contribution in [-0.2, 0) is 5.41 Å². The van der Waals surface area contributed by atoms with Crippen LogP contribution in [0.25, 0.3) is 0 Å². The third kappa shape index (κ3) is 3.32. The standard InChI is InChI=1S/C15H22O2/c1-6-7-13(16)12-10-11(15(2,3)4)8-9-14(12)17-5/h8-10H,6-7H2,1-5H3. The van der Waals surface area contributed by atoms with Crippen molar-refractivity contribution in [3.05, 3.63) is 29.3 Å². The second-order valence-electron chi connectivity index (χ2n) is 5.34. The Morgan fingerprint density at radius 3 is 2.41 bits per heavy atom. The quantitative estimate of drug-likeness (QED) is 0.737. The van der Waals surface area contributed by atoms with Gasteiger partial charge in [-0.05, 0) is 29.5 Å². The molecule has 2 heteroatoms. The summed E-state index contributed by atoms with van der Waals surface area (Å²) in [6.07, 6.45) is 1.44. The number of carbonyl (C=O) groups is 1. The molecule has 0 bridgehead atoms. The number of Topliss-reactive ketones (excluding diaryl/α,β-unsaturated/α-hetero) is 1. The lowest BCUT2D eigenvalue weighted by molar-refractivity contribution is 0.0978. The van der Waals surface area contributed by atoms with Gasteiger partial charge in [0.05, 0.1) is 12.7 Å². The predicted molar refractivity (Wildman–Crippen MR) is 70.9 cm³/mol. The summed E-state index contributed by atoms with van der Waals surface area (Å²) in [5.74, 6) is 0.840. The Labute approximate surface area is 104 Å².